The van der Waals surface area contributed by atoms with Crippen molar-refractivity contribution in [3.8, 4) is 5.95 Å². The van der Waals surface area contributed by atoms with Crippen LogP contribution in [0.2, 0.25) is 0 Å². The van der Waals surface area contributed by atoms with Crippen molar-refractivity contribution in [2.24, 2.45) is 0 Å². The Hall–Kier alpha value is -1.83. The van der Waals surface area contributed by atoms with Crippen LogP contribution < -0.4 is 11.1 Å². The van der Waals surface area contributed by atoms with Crippen molar-refractivity contribution < 1.29 is 0 Å². The molecule has 0 amide bonds. The second-order valence-electron chi connectivity index (χ2n) is 5.22. The number of hydrogen-bond donors (Lipinski definition) is 2. The number of anilines is 2. The predicted octanol–water partition coefficient (Wildman–Crippen LogP) is 1.73. The Bertz CT molecular complexity index is 593. The molecule has 0 spiro atoms. The third-order valence-electron chi connectivity index (χ3n) is 3.87. The van der Waals surface area contributed by atoms with Gasteiger partial charge in [0.15, 0.2) is 0 Å². The molecule has 2 aromatic rings. The van der Waals surface area contributed by atoms with Gasteiger partial charge in [0, 0.05) is 23.7 Å². The lowest BCUT2D eigenvalue weighted by Gasteiger charge is -2.26. The van der Waals surface area contributed by atoms with E-state index in [9.17, 15) is 0 Å². The van der Waals surface area contributed by atoms with E-state index in [-0.39, 0.29) is 10.7 Å². The van der Waals surface area contributed by atoms with Crippen LogP contribution >= 0.6 is 11.8 Å². The lowest BCUT2D eigenvalue weighted by molar-refractivity contribution is 0.636. The normalized spacial score (nSPS) is 17.0. The maximum atomic E-state index is 5.77. The first-order chi connectivity index (χ1) is 10.2. The largest absolute Gasteiger partial charge is 0.368 e. The van der Waals surface area contributed by atoms with E-state index < -0.39 is 0 Å². The van der Waals surface area contributed by atoms with Crippen molar-refractivity contribution in [3.05, 3.63) is 18.5 Å². The highest BCUT2D eigenvalue weighted by atomic mass is 32.2. The summed E-state index contributed by atoms with van der Waals surface area (Å²) in [7, 11) is 0. The van der Waals surface area contributed by atoms with Gasteiger partial charge in [0.05, 0.1) is 0 Å². The Morgan fingerprint density at radius 3 is 2.81 bits per heavy atom. The topological polar surface area (TPSA) is 94.5 Å². The molecular weight excluding hydrogens is 286 g/mol. The highest BCUT2D eigenvalue weighted by Crippen LogP contribution is 2.40. The van der Waals surface area contributed by atoms with Crippen molar-refractivity contribution in [1.29, 1.82) is 0 Å². The average Bonchev–Trinajstić information content (AvgIpc) is 3.17. The Kier molecular flexibility index (Phi) is 3.96. The number of thioether (sulfide) groups is 1. The van der Waals surface area contributed by atoms with Gasteiger partial charge in [-0.05, 0) is 25.2 Å². The van der Waals surface area contributed by atoms with Crippen molar-refractivity contribution in [2.75, 3.05) is 23.9 Å². The van der Waals surface area contributed by atoms with Crippen LogP contribution in [0.25, 0.3) is 5.95 Å². The summed E-state index contributed by atoms with van der Waals surface area (Å²) >= 11 is 1.92. The molecule has 7 nitrogen and oxygen atoms in total. The number of rotatable bonds is 5. The minimum atomic E-state index is 0.197. The number of nitrogens with zero attached hydrogens (tertiary/aromatic N) is 5. The van der Waals surface area contributed by atoms with E-state index >= 15 is 0 Å². The molecule has 0 bridgehead atoms. The molecular formula is C13H19N7S. The van der Waals surface area contributed by atoms with Crippen LogP contribution in [0.15, 0.2) is 18.5 Å². The summed E-state index contributed by atoms with van der Waals surface area (Å²) in [4.78, 5) is 12.6. The Labute approximate surface area is 127 Å². The highest BCUT2D eigenvalue weighted by Gasteiger charge is 2.32. The molecule has 21 heavy (non-hydrogen) atoms. The SMILES string of the molecule is CSC1(CNc2nc(N)nc(-n3cccn3)n2)CCCC1. The second kappa shape index (κ2) is 5.88. The number of nitrogens with two attached hydrogens (primary N) is 1. The fourth-order valence-electron chi connectivity index (χ4n) is 2.66. The molecule has 1 saturated carbocycles. The van der Waals surface area contributed by atoms with Gasteiger partial charge in [-0.3, -0.25) is 0 Å². The smallest absolute Gasteiger partial charge is 0.257 e. The molecule has 1 aliphatic carbocycles. The van der Waals surface area contributed by atoms with Gasteiger partial charge in [-0.2, -0.15) is 31.8 Å². The minimum Gasteiger partial charge on any atom is -0.368 e. The zero-order valence-electron chi connectivity index (χ0n) is 12.0. The first-order valence-corrected chi connectivity index (χ1v) is 8.24. The molecule has 2 aromatic heterocycles. The van der Waals surface area contributed by atoms with Crippen LogP contribution in [-0.2, 0) is 0 Å². The summed E-state index contributed by atoms with van der Waals surface area (Å²) in [5.74, 6) is 1.13. The monoisotopic (exact) mass is 305 g/mol. The summed E-state index contributed by atoms with van der Waals surface area (Å²) in [6.45, 7) is 0.843. The highest BCUT2D eigenvalue weighted by molar-refractivity contribution is 8.00. The maximum Gasteiger partial charge on any atom is 0.257 e. The van der Waals surface area contributed by atoms with Crippen molar-refractivity contribution >= 4 is 23.7 Å². The Morgan fingerprint density at radius 1 is 1.33 bits per heavy atom. The first kappa shape index (κ1) is 14.1. The van der Waals surface area contributed by atoms with Gasteiger partial charge < -0.3 is 11.1 Å². The molecule has 0 saturated heterocycles. The molecule has 8 heteroatoms. The van der Waals surface area contributed by atoms with E-state index in [1.54, 1.807) is 17.1 Å². The van der Waals surface area contributed by atoms with Crippen LogP contribution in [0, 0.1) is 0 Å². The zero-order chi connectivity index (χ0) is 14.7. The molecule has 2 heterocycles. The summed E-state index contributed by atoms with van der Waals surface area (Å²) < 4.78 is 1.86. The predicted molar refractivity (Wildman–Crippen MR) is 84.6 cm³/mol. The van der Waals surface area contributed by atoms with E-state index in [1.807, 2.05) is 17.8 Å². The van der Waals surface area contributed by atoms with E-state index in [1.165, 1.54) is 25.7 Å². The molecule has 0 aliphatic heterocycles. The molecule has 3 N–H and O–H groups in total. The summed E-state index contributed by atoms with van der Waals surface area (Å²) in [5, 5.41) is 7.43. The lowest BCUT2D eigenvalue weighted by atomic mass is 10.1. The van der Waals surface area contributed by atoms with Gasteiger partial charge in [-0.15, -0.1) is 0 Å². The van der Waals surface area contributed by atoms with Crippen LogP contribution in [-0.4, -0.2) is 42.3 Å². The van der Waals surface area contributed by atoms with Crippen LogP contribution in [0.3, 0.4) is 0 Å². The van der Waals surface area contributed by atoms with Crippen LogP contribution in [0.5, 0.6) is 0 Å². The number of aromatic nitrogens is 5. The third kappa shape index (κ3) is 3.10. The molecule has 1 fully saturated rings. The summed E-state index contributed by atoms with van der Waals surface area (Å²) in [6, 6.07) is 1.81. The fourth-order valence-corrected chi connectivity index (χ4v) is 3.58. The molecule has 0 radical (unpaired) electrons. The van der Waals surface area contributed by atoms with Gasteiger partial charge in [-0.25, -0.2) is 4.68 Å². The molecule has 0 unspecified atom stereocenters. The first-order valence-electron chi connectivity index (χ1n) is 7.01. The third-order valence-corrected chi connectivity index (χ3v) is 5.29. The molecule has 0 aromatic carbocycles. The van der Waals surface area contributed by atoms with Gasteiger partial charge in [-0.1, -0.05) is 12.8 Å². The average molecular weight is 305 g/mol. The summed E-state index contributed by atoms with van der Waals surface area (Å²) in [5.41, 5.74) is 5.77. The lowest BCUT2D eigenvalue weighted by Crippen LogP contribution is -2.30. The fraction of sp³-hybridized carbons (Fsp3) is 0.538. The van der Waals surface area contributed by atoms with E-state index in [2.05, 4.69) is 31.6 Å². The maximum absolute atomic E-state index is 5.77. The minimum absolute atomic E-state index is 0.197. The van der Waals surface area contributed by atoms with Gasteiger partial charge in [0.2, 0.25) is 11.9 Å². The zero-order valence-corrected chi connectivity index (χ0v) is 12.8. The van der Waals surface area contributed by atoms with E-state index in [0.29, 0.717) is 11.9 Å². The van der Waals surface area contributed by atoms with Crippen LogP contribution in [0.4, 0.5) is 11.9 Å². The Balaban J connectivity index is 1.76. The quantitative estimate of drug-likeness (QED) is 0.868. The molecule has 0 atom stereocenters. The van der Waals surface area contributed by atoms with Gasteiger partial charge in [0.25, 0.3) is 5.95 Å². The second-order valence-corrected chi connectivity index (χ2v) is 6.49. The van der Waals surface area contributed by atoms with Gasteiger partial charge in [0.1, 0.15) is 0 Å². The summed E-state index contributed by atoms with van der Waals surface area (Å²) in [6.07, 6.45) is 10.7. The molecule has 112 valence electrons. The van der Waals surface area contributed by atoms with Crippen molar-refractivity contribution in [1.82, 2.24) is 24.7 Å². The van der Waals surface area contributed by atoms with Crippen molar-refractivity contribution in [3.63, 3.8) is 0 Å². The van der Waals surface area contributed by atoms with Crippen LogP contribution in [0.1, 0.15) is 25.7 Å². The Morgan fingerprint density at radius 2 is 2.14 bits per heavy atom. The van der Waals surface area contributed by atoms with Gasteiger partial charge >= 0.3 is 0 Å². The molecule has 3 rings (SSSR count). The number of nitrogens with one attached hydrogen (secondary N) is 1. The standard InChI is InChI=1S/C13H19N7S/c1-21-13(5-2-3-6-13)9-15-11-17-10(14)18-12(19-11)20-8-4-7-16-20/h4,7-8H,2-3,5-6,9H2,1H3,(H3,14,15,17,18,19). The molecule has 1 aliphatic rings. The van der Waals surface area contributed by atoms with Crippen molar-refractivity contribution in [2.45, 2.75) is 30.4 Å². The van der Waals surface area contributed by atoms with E-state index in [0.717, 1.165) is 6.54 Å². The number of hydrogen-bond acceptors (Lipinski definition) is 7. The van der Waals surface area contributed by atoms with E-state index in [4.69, 9.17) is 5.73 Å². The number of nitrogen functional groups attached to an aromatic ring is 1.